The van der Waals surface area contributed by atoms with E-state index in [0.29, 0.717) is 71.9 Å². The summed E-state index contributed by atoms with van der Waals surface area (Å²) in [5.41, 5.74) is 3.69. The number of rotatable bonds is 5. The third kappa shape index (κ3) is 5.92. The summed E-state index contributed by atoms with van der Waals surface area (Å²) < 4.78 is 15.8. The number of hydrogen-bond donors (Lipinski definition) is 1. The fourth-order valence-corrected chi connectivity index (χ4v) is 4.74. The van der Waals surface area contributed by atoms with Gasteiger partial charge in [-0.05, 0) is 51.4 Å². The summed E-state index contributed by atoms with van der Waals surface area (Å²) in [5.74, 6) is 0.913. The number of hydrogen-bond acceptors (Lipinski definition) is 8. The molecular weight excluding hydrogens is 524 g/mol. The van der Waals surface area contributed by atoms with E-state index in [1.165, 1.54) is 6.08 Å². The molecule has 12 nitrogen and oxygen atoms in total. The predicted octanol–water partition coefficient (Wildman–Crippen LogP) is 2.74. The Labute approximate surface area is 238 Å². The number of para-hydroxylation sites is 1. The lowest BCUT2D eigenvalue weighted by atomic mass is 10.1. The molecule has 2 bridgehead atoms. The van der Waals surface area contributed by atoms with Crippen LogP contribution >= 0.6 is 0 Å². The van der Waals surface area contributed by atoms with Crippen molar-refractivity contribution in [2.45, 2.75) is 13.5 Å². The van der Waals surface area contributed by atoms with Gasteiger partial charge in [0.1, 0.15) is 24.5 Å². The van der Waals surface area contributed by atoms with E-state index in [4.69, 9.17) is 14.5 Å². The zero-order valence-electron chi connectivity index (χ0n) is 23.8. The number of aromatic nitrogens is 5. The van der Waals surface area contributed by atoms with E-state index in [9.17, 15) is 9.59 Å². The third-order valence-corrected chi connectivity index (χ3v) is 6.81. The number of amides is 2. The van der Waals surface area contributed by atoms with Crippen LogP contribution < -0.4 is 14.8 Å². The molecule has 214 valence electrons. The van der Waals surface area contributed by atoms with E-state index in [1.807, 2.05) is 48.7 Å². The van der Waals surface area contributed by atoms with E-state index in [2.05, 4.69) is 22.0 Å². The number of carbonyl (C=O) groups is 2. The largest absolute Gasteiger partial charge is 0.490 e. The molecule has 5 rings (SSSR count). The zero-order chi connectivity index (χ0) is 29.1. The van der Waals surface area contributed by atoms with E-state index in [0.717, 1.165) is 12.1 Å². The number of likely N-dealkylation sites (N-methyl/N-ethyl adjacent to an activating group) is 1. The molecule has 0 radical (unpaired) electrons. The van der Waals surface area contributed by atoms with Crippen LogP contribution in [-0.4, -0.2) is 92.9 Å². The smallest absolute Gasteiger partial charge is 0.258 e. The Balaban J connectivity index is 1.61. The summed E-state index contributed by atoms with van der Waals surface area (Å²) in [7, 11) is 5.73. The minimum atomic E-state index is -0.344. The van der Waals surface area contributed by atoms with Crippen molar-refractivity contribution in [1.82, 2.24) is 34.1 Å². The lowest BCUT2D eigenvalue weighted by Crippen LogP contribution is -2.36. The molecule has 0 fully saturated rings. The maximum atomic E-state index is 13.6. The molecular formula is C29H34N8O4. The van der Waals surface area contributed by atoms with Gasteiger partial charge in [0.25, 0.3) is 5.91 Å². The second-order valence-corrected chi connectivity index (χ2v) is 10.1. The van der Waals surface area contributed by atoms with Crippen molar-refractivity contribution in [3.05, 3.63) is 60.4 Å². The maximum Gasteiger partial charge on any atom is 0.258 e. The average Bonchev–Trinajstić information content (AvgIpc) is 3.48. The molecule has 3 aromatic heterocycles. The number of carbonyl (C=O) groups excluding carboxylic acids is 2. The van der Waals surface area contributed by atoms with E-state index in [1.54, 1.807) is 35.0 Å². The van der Waals surface area contributed by atoms with E-state index in [-0.39, 0.29) is 18.4 Å². The monoisotopic (exact) mass is 558 g/mol. The molecule has 4 heterocycles. The molecule has 12 heteroatoms. The highest BCUT2D eigenvalue weighted by Gasteiger charge is 2.22. The third-order valence-electron chi connectivity index (χ3n) is 6.81. The normalized spacial score (nSPS) is 14.0. The highest BCUT2D eigenvalue weighted by atomic mass is 16.5. The van der Waals surface area contributed by atoms with Crippen LogP contribution in [0.15, 0.2) is 49.2 Å². The quantitative estimate of drug-likeness (QED) is 0.372. The number of ether oxygens (including phenoxy) is 2. The number of anilines is 1. The van der Waals surface area contributed by atoms with Gasteiger partial charge >= 0.3 is 0 Å². The Hall–Kier alpha value is -4.71. The van der Waals surface area contributed by atoms with Crippen molar-refractivity contribution < 1.29 is 19.1 Å². The van der Waals surface area contributed by atoms with Crippen molar-refractivity contribution in [2.24, 2.45) is 7.05 Å². The van der Waals surface area contributed by atoms with Crippen LogP contribution in [0, 0.1) is 6.92 Å². The molecule has 0 saturated heterocycles. The standard InChI is InChI=1S/C29H34N8O4/c1-6-25(38)36-10-11-37-26-22(8-7-9-24(26)40-14-12-34(3)4)32-29(37)33-27(39)20-16-19(2)31-23(17-20)21-18-30-35(5)28(21)41-15-13-36/h6-9,16-18H,1,10-15H2,2-5H3,(H,32,33,39). The lowest BCUT2D eigenvalue weighted by molar-refractivity contribution is -0.126. The molecule has 0 unspecified atom stereocenters. The molecule has 1 aliphatic rings. The minimum absolute atomic E-state index is 0.221. The van der Waals surface area contributed by atoms with Crippen LogP contribution in [-0.2, 0) is 18.4 Å². The van der Waals surface area contributed by atoms with Gasteiger partial charge in [0, 0.05) is 37.9 Å². The number of nitrogens with one attached hydrogen (secondary N) is 1. The average molecular weight is 559 g/mol. The molecule has 4 aromatic rings. The van der Waals surface area contributed by atoms with Crippen molar-refractivity contribution in [3.63, 3.8) is 0 Å². The number of aryl methyl sites for hydroxylation is 2. The molecule has 0 atom stereocenters. The van der Waals surface area contributed by atoms with Crippen LogP contribution in [0.1, 0.15) is 16.1 Å². The van der Waals surface area contributed by atoms with Gasteiger partial charge < -0.3 is 23.8 Å². The lowest BCUT2D eigenvalue weighted by Gasteiger charge is -2.23. The highest BCUT2D eigenvalue weighted by Crippen LogP contribution is 2.31. The molecule has 0 spiro atoms. The Bertz CT molecular complexity index is 1610. The fourth-order valence-electron chi connectivity index (χ4n) is 4.74. The maximum absolute atomic E-state index is 13.6. The SMILES string of the molecule is C=CC(=O)N1CCOc2c(cnn2C)-c2cc(cc(C)n2)C(=O)Nc2nc3cccc(OCCN(C)C)c3n2CC1. The van der Waals surface area contributed by atoms with Gasteiger partial charge in [-0.1, -0.05) is 12.6 Å². The van der Waals surface area contributed by atoms with Gasteiger partial charge in [0.05, 0.1) is 29.5 Å². The summed E-state index contributed by atoms with van der Waals surface area (Å²) in [5, 5.41) is 7.32. The molecule has 0 aliphatic carbocycles. The van der Waals surface area contributed by atoms with Gasteiger partial charge in [-0.3, -0.25) is 19.9 Å². The molecule has 1 aromatic carbocycles. The first-order valence-corrected chi connectivity index (χ1v) is 13.4. The van der Waals surface area contributed by atoms with Crippen LogP contribution in [0.5, 0.6) is 11.6 Å². The van der Waals surface area contributed by atoms with Gasteiger partial charge in [0.2, 0.25) is 17.7 Å². The van der Waals surface area contributed by atoms with Crippen LogP contribution in [0.2, 0.25) is 0 Å². The molecule has 2 amide bonds. The second-order valence-electron chi connectivity index (χ2n) is 10.1. The zero-order valence-corrected chi connectivity index (χ0v) is 23.8. The summed E-state index contributed by atoms with van der Waals surface area (Å²) in [6, 6.07) is 9.06. The van der Waals surface area contributed by atoms with Crippen molar-refractivity contribution >= 4 is 28.8 Å². The first kappa shape index (κ1) is 27.8. The Morgan fingerprint density at radius 1 is 1.22 bits per heavy atom. The van der Waals surface area contributed by atoms with Crippen LogP contribution in [0.3, 0.4) is 0 Å². The van der Waals surface area contributed by atoms with Crippen LogP contribution in [0.4, 0.5) is 5.95 Å². The molecule has 0 saturated carbocycles. The van der Waals surface area contributed by atoms with Crippen LogP contribution in [0.25, 0.3) is 22.3 Å². The summed E-state index contributed by atoms with van der Waals surface area (Å²) in [6.07, 6.45) is 2.94. The van der Waals surface area contributed by atoms with E-state index < -0.39 is 0 Å². The molecule has 1 aliphatic heterocycles. The number of pyridine rings is 1. The van der Waals surface area contributed by atoms with Crippen molar-refractivity contribution in [3.8, 4) is 22.9 Å². The summed E-state index contributed by atoms with van der Waals surface area (Å²) in [4.78, 5) is 39.5. The summed E-state index contributed by atoms with van der Waals surface area (Å²) in [6.45, 7) is 7.91. The highest BCUT2D eigenvalue weighted by molar-refractivity contribution is 6.05. The second kappa shape index (κ2) is 11.8. The van der Waals surface area contributed by atoms with Crippen molar-refractivity contribution in [2.75, 3.05) is 52.3 Å². The number of imidazole rings is 1. The first-order valence-electron chi connectivity index (χ1n) is 13.4. The minimum Gasteiger partial charge on any atom is -0.490 e. The number of benzene rings is 1. The fraction of sp³-hybridized carbons (Fsp3) is 0.345. The van der Waals surface area contributed by atoms with Gasteiger partial charge in [-0.15, -0.1) is 0 Å². The Morgan fingerprint density at radius 3 is 2.83 bits per heavy atom. The molecule has 1 N–H and O–H groups in total. The van der Waals surface area contributed by atoms with Gasteiger partial charge in [0.15, 0.2) is 0 Å². The molecule has 41 heavy (non-hydrogen) atoms. The van der Waals surface area contributed by atoms with E-state index >= 15 is 0 Å². The topological polar surface area (TPSA) is 120 Å². The predicted molar refractivity (Wildman–Crippen MR) is 155 cm³/mol. The Kier molecular flexibility index (Phi) is 8.02. The number of nitrogens with zero attached hydrogens (tertiary/aromatic N) is 7. The summed E-state index contributed by atoms with van der Waals surface area (Å²) >= 11 is 0. The Morgan fingerprint density at radius 2 is 2.05 bits per heavy atom. The van der Waals surface area contributed by atoms with Gasteiger partial charge in [-0.2, -0.15) is 5.10 Å². The van der Waals surface area contributed by atoms with Crippen molar-refractivity contribution in [1.29, 1.82) is 0 Å². The number of fused-ring (bicyclic) bond motifs is 7. The van der Waals surface area contributed by atoms with Gasteiger partial charge in [-0.25, -0.2) is 9.67 Å². The first-order chi connectivity index (χ1) is 19.7.